The lowest BCUT2D eigenvalue weighted by atomic mass is 9.96. The Hall–Kier alpha value is -5.41. The molecule has 0 aliphatic rings. The van der Waals surface area contributed by atoms with E-state index in [-0.39, 0.29) is 0 Å². The third-order valence-corrected chi connectivity index (χ3v) is 6.43. The van der Waals surface area contributed by atoms with E-state index in [1.807, 2.05) is 116 Å². The fourth-order valence-corrected chi connectivity index (χ4v) is 4.54. The number of hydroxylamine groups is 1. The lowest BCUT2D eigenvalue weighted by Crippen LogP contribution is -2.23. The first-order chi connectivity index (χ1) is 19.2. The molecule has 0 saturated heterocycles. The summed E-state index contributed by atoms with van der Waals surface area (Å²) >= 11 is 0. The molecule has 2 N–H and O–H groups in total. The highest BCUT2D eigenvalue weighted by atomic mass is 16.5. The van der Waals surface area contributed by atoms with Gasteiger partial charge in [0.1, 0.15) is 11.4 Å². The van der Waals surface area contributed by atoms with E-state index in [1.165, 1.54) is 0 Å². The predicted molar refractivity (Wildman–Crippen MR) is 146 cm³/mol. The minimum absolute atomic E-state index is 0.332. The average Bonchev–Trinajstić information content (AvgIpc) is 3.69. The summed E-state index contributed by atoms with van der Waals surface area (Å²) in [6.45, 7) is 0. The molecule has 2 heterocycles. The van der Waals surface area contributed by atoms with Crippen LogP contribution in [-0.4, -0.2) is 41.1 Å². The molecule has 1 amide bonds. The van der Waals surface area contributed by atoms with Gasteiger partial charge in [-0.25, -0.2) is 14.8 Å². The lowest BCUT2D eigenvalue weighted by molar-refractivity contribution is 0.0707. The first-order valence-corrected chi connectivity index (χ1v) is 12.3. The molecule has 0 atom stereocenters. The van der Waals surface area contributed by atoms with E-state index in [9.17, 15) is 10.0 Å². The Morgan fingerprint density at radius 2 is 1.15 bits per heavy atom. The number of nitrogens with one attached hydrogen (secondary N) is 1. The molecule has 0 saturated carbocycles. The van der Waals surface area contributed by atoms with Crippen LogP contribution in [0, 0.1) is 0 Å². The van der Waals surface area contributed by atoms with Crippen molar-refractivity contribution in [2.75, 3.05) is 0 Å². The summed E-state index contributed by atoms with van der Waals surface area (Å²) in [5, 5.41) is 27.1. The van der Waals surface area contributed by atoms with Crippen LogP contribution in [0.2, 0.25) is 0 Å². The second-order valence-corrected chi connectivity index (χ2v) is 8.89. The number of hydrogen-bond donors (Lipinski definition) is 2. The van der Waals surface area contributed by atoms with Crippen molar-refractivity contribution < 1.29 is 10.0 Å². The summed E-state index contributed by atoms with van der Waals surface area (Å²) in [6.07, 6.45) is 3.16. The number of aromatic nitrogens is 6. The number of hydrogen-bond acceptors (Lipinski definition) is 6. The summed E-state index contributed by atoms with van der Waals surface area (Å²) in [6, 6.07) is 34.5. The molecular weight excluding hydrogens is 490 g/mol. The maximum Gasteiger partial charge on any atom is 0.275 e. The van der Waals surface area contributed by atoms with Crippen molar-refractivity contribution >= 4 is 5.91 Å². The van der Waals surface area contributed by atoms with Crippen LogP contribution in [-0.2, 0) is 0 Å². The van der Waals surface area contributed by atoms with Crippen LogP contribution >= 0.6 is 0 Å². The van der Waals surface area contributed by atoms with E-state index in [4.69, 9.17) is 0 Å². The van der Waals surface area contributed by atoms with Gasteiger partial charge in [-0.1, -0.05) is 107 Å². The normalized spacial score (nSPS) is 11.0. The van der Waals surface area contributed by atoms with E-state index in [0.29, 0.717) is 22.5 Å². The molecule has 0 spiro atoms. The first kappa shape index (κ1) is 24.0. The molecule has 0 unspecified atom stereocenters. The zero-order valence-electron chi connectivity index (χ0n) is 20.7. The van der Waals surface area contributed by atoms with E-state index < -0.39 is 12.1 Å². The van der Waals surface area contributed by atoms with Crippen LogP contribution in [0.1, 0.15) is 22.1 Å². The summed E-state index contributed by atoms with van der Waals surface area (Å²) in [7, 11) is 0. The Morgan fingerprint density at radius 3 is 1.64 bits per heavy atom. The van der Waals surface area contributed by atoms with Gasteiger partial charge in [-0.2, -0.15) is 0 Å². The van der Waals surface area contributed by atoms with Crippen molar-refractivity contribution in [2.24, 2.45) is 0 Å². The molecule has 4 aromatic carbocycles. The van der Waals surface area contributed by atoms with Gasteiger partial charge in [0.2, 0.25) is 0 Å². The number of carbonyl (C=O) groups excluding carboxylic acids is 1. The SMILES string of the molecule is O=C(NO)c1ccc(C(n2cc(-c3ccccc3)nn2)n2cc(-c3ccccc3)nn2)cc1-c1ccccc1. The Morgan fingerprint density at radius 1 is 0.667 bits per heavy atom. The number of amides is 1. The smallest absolute Gasteiger partial charge is 0.275 e. The van der Waals surface area contributed by atoms with Gasteiger partial charge >= 0.3 is 0 Å². The second kappa shape index (κ2) is 10.5. The van der Waals surface area contributed by atoms with E-state index in [1.54, 1.807) is 20.9 Å². The van der Waals surface area contributed by atoms with Gasteiger partial charge in [0.25, 0.3) is 5.91 Å². The molecule has 9 heteroatoms. The summed E-state index contributed by atoms with van der Waals surface area (Å²) in [5.41, 5.74) is 7.64. The average molecular weight is 514 g/mol. The van der Waals surface area contributed by atoms with Gasteiger partial charge in [0.15, 0.2) is 6.17 Å². The van der Waals surface area contributed by atoms with E-state index in [2.05, 4.69) is 20.6 Å². The molecule has 190 valence electrons. The molecule has 39 heavy (non-hydrogen) atoms. The zero-order valence-corrected chi connectivity index (χ0v) is 20.7. The predicted octanol–water partition coefficient (Wildman–Crippen LogP) is 5.08. The molecule has 6 aromatic rings. The van der Waals surface area contributed by atoms with Crippen LogP contribution in [0.5, 0.6) is 0 Å². The standard InChI is InChI=1S/C30H23N7O2/c38-29(33-39)25-17-16-24(18-26(25)21-10-4-1-5-11-21)30(36-19-27(31-34-36)22-12-6-2-7-13-22)37-20-28(32-35-37)23-14-8-3-9-15-23/h1-20,30,39H,(H,33,38). The first-order valence-electron chi connectivity index (χ1n) is 12.3. The van der Waals surface area contributed by atoms with Crippen molar-refractivity contribution in [3.63, 3.8) is 0 Å². The Bertz CT molecular complexity index is 1640. The highest BCUT2D eigenvalue weighted by Gasteiger charge is 2.23. The molecule has 0 aliphatic carbocycles. The van der Waals surface area contributed by atoms with Crippen LogP contribution in [0.3, 0.4) is 0 Å². The van der Waals surface area contributed by atoms with Gasteiger partial charge < -0.3 is 0 Å². The second-order valence-electron chi connectivity index (χ2n) is 8.89. The van der Waals surface area contributed by atoms with Gasteiger partial charge in [0.05, 0.1) is 12.4 Å². The minimum Gasteiger partial charge on any atom is -0.288 e. The maximum absolute atomic E-state index is 12.5. The third kappa shape index (κ3) is 4.81. The van der Waals surface area contributed by atoms with Gasteiger partial charge in [0, 0.05) is 16.7 Å². The van der Waals surface area contributed by atoms with Crippen LogP contribution < -0.4 is 5.48 Å². The summed E-state index contributed by atoms with van der Waals surface area (Å²) < 4.78 is 3.45. The van der Waals surface area contributed by atoms with Crippen LogP contribution in [0.25, 0.3) is 33.6 Å². The number of rotatable bonds is 7. The van der Waals surface area contributed by atoms with Crippen LogP contribution in [0.15, 0.2) is 122 Å². The van der Waals surface area contributed by atoms with Crippen molar-refractivity contribution in [3.8, 4) is 33.6 Å². The van der Waals surface area contributed by atoms with Crippen molar-refractivity contribution in [1.82, 2.24) is 35.5 Å². The summed E-state index contributed by atoms with van der Waals surface area (Å²) in [5.74, 6) is -0.601. The quantitative estimate of drug-likeness (QED) is 0.227. The van der Waals surface area contributed by atoms with Gasteiger partial charge in [-0.3, -0.25) is 10.0 Å². The lowest BCUT2D eigenvalue weighted by Gasteiger charge is -2.19. The van der Waals surface area contributed by atoms with Crippen molar-refractivity contribution in [2.45, 2.75) is 6.17 Å². The molecule has 2 aromatic heterocycles. The topological polar surface area (TPSA) is 111 Å². The fraction of sp³-hybridized carbons (Fsp3) is 0.0333. The van der Waals surface area contributed by atoms with Crippen LogP contribution in [0.4, 0.5) is 0 Å². The van der Waals surface area contributed by atoms with Crippen molar-refractivity contribution in [3.05, 3.63) is 133 Å². The molecular formula is C30H23N7O2. The Kier molecular flexibility index (Phi) is 6.46. The molecule has 0 bridgehead atoms. The fourth-order valence-electron chi connectivity index (χ4n) is 4.54. The highest BCUT2D eigenvalue weighted by Crippen LogP contribution is 2.31. The van der Waals surface area contributed by atoms with E-state index >= 15 is 0 Å². The zero-order chi connectivity index (χ0) is 26.6. The largest absolute Gasteiger partial charge is 0.288 e. The molecule has 0 fully saturated rings. The highest BCUT2D eigenvalue weighted by molar-refractivity contribution is 6.00. The summed E-state index contributed by atoms with van der Waals surface area (Å²) in [4.78, 5) is 12.5. The minimum atomic E-state index is -0.601. The van der Waals surface area contributed by atoms with E-state index in [0.717, 1.165) is 22.3 Å². The van der Waals surface area contributed by atoms with Gasteiger partial charge in [-0.05, 0) is 28.8 Å². The molecule has 9 nitrogen and oxygen atoms in total. The number of nitrogens with zero attached hydrogens (tertiary/aromatic N) is 6. The maximum atomic E-state index is 12.5. The number of carbonyl (C=O) groups is 1. The molecule has 0 aliphatic heterocycles. The molecule has 0 radical (unpaired) electrons. The van der Waals surface area contributed by atoms with Gasteiger partial charge in [-0.15, -0.1) is 10.2 Å². The molecule has 6 rings (SSSR count). The third-order valence-electron chi connectivity index (χ3n) is 6.43. The van der Waals surface area contributed by atoms with Crippen molar-refractivity contribution in [1.29, 1.82) is 0 Å². The number of benzene rings is 4. The monoisotopic (exact) mass is 513 g/mol. The Balaban J connectivity index is 1.50. The Labute approximate surface area is 223 Å².